The van der Waals surface area contributed by atoms with E-state index >= 15 is 0 Å². The number of nitrogens with zero attached hydrogens (tertiary/aromatic N) is 1. The Hall–Kier alpha value is -0.610. The number of rotatable bonds is 4. The third-order valence-corrected chi connectivity index (χ3v) is 4.09. The molecule has 0 bridgehead atoms. The lowest BCUT2D eigenvalue weighted by Crippen LogP contribution is -2.36. The first-order valence-corrected chi connectivity index (χ1v) is 5.97. The maximum absolute atomic E-state index is 11.8. The van der Waals surface area contributed by atoms with Crippen LogP contribution in [0, 0.1) is 11.3 Å². The lowest BCUT2D eigenvalue weighted by atomic mass is 9.82. The molecule has 4 heteroatoms. The van der Waals surface area contributed by atoms with Gasteiger partial charge in [0.25, 0.3) is 0 Å². The second-order valence-corrected chi connectivity index (χ2v) is 5.09. The third-order valence-electron chi connectivity index (χ3n) is 4.09. The molecule has 0 N–H and O–H groups in total. The molecule has 0 aromatic carbocycles. The first kappa shape index (κ1) is 11.9. The van der Waals surface area contributed by atoms with Gasteiger partial charge in [-0.25, -0.2) is 0 Å². The number of hydrogen-bond donors (Lipinski definition) is 0. The van der Waals surface area contributed by atoms with Crippen LogP contribution in [0.2, 0.25) is 0 Å². The zero-order valence-electron chi connectivity index (χ0n) is 10.2. The number of amides is 1. The number of ether oxygens (including phenoxy) is 2. The molecule has 0 spiro atoms. The van der Waals surface area contributed by atoms with Gasteiger partial charge in [0.05, 0.1) is 6.61 Å². The zero-order valence-corrected chi connectivity index (χ0v) is 10.2. The van der Waals surface area contributed by atoms with E-state index in [1.54, 1.807) is 14.2 Å². The van der Waals surface area contributed by atoms with Crippen LogP contribution in [0.25, 0.3) is 0 Å². The highest BCUT2D eigenvalue weighted by Gasteiger charge is 2.50. The Morgan fingerprint density at radius 2 is 2.25 bits per heavy atom. The van der Waals surface area contributed by atoms with Crippen LogP contribution in [0.5, 0.6) is 0 Å². The zero-order chi connectivity index (χ0) is 11.6. The fourth-order valence-corrected chi connectivity index (χ4v) is 3.34. The summed E-state index contributed by atoms with van der Waals surface area (Å²) < 4.78 is 10.3. The molecule has 16 heavy (non-hydrogen) atoms. The van der Waals surface area contributed by atoms with Crippen molar-refractivity contribution in [2.45, 2.75) is 19.3 Å². The van der Waals surface area contributed by atoms with Gasteiger partial charge in [-0.3, -0.25) is 4.79 Å². The number of methoxy groups -OCH3 is 2. The van der Waals surface area contributed by atoms with Gasteiger partial charge < -0.3 is 14.4 Å². The highest BCUT2D eigenvalue weighted by atomic mass is 16.5. The number of fused-ring (bicyclic) bond motifs is 1. The van der Waals surface area contributed by atoms with Gasteiger partial charge in [-0.1, -0.05) is 6.42 Å². The van der Waals surface area contributed by atoms with E-state index in [-0.39, 0.29) is 17.9 Å². The van der Waals surface area contributed by atoms with Gasteiger partial charge in [0.1, 0.15) is 6.61 Å². The number of likely N-dealkylation sites (tertiary alicyclic amines) is 1. The maximum Gasteiger partial charge on any atom is 0.248 e. The van der Waals surface area contributed by atoms with Gasteiger partial charge in [0.15, 0.2) is 0 Å². The van der Waals surface area contributed by atoms with Crippen molar-refractivity contribution in [3.05, 3.63) is 0 Å². The van der Waals surface area contributed by atoms with Crippen LogP contribution in [-0.4, -0.2) is 51.3 Å². The monoisotopic (exact) mass is 227 g/mol. The average molecular weight is 227 g/mol. The Morgan fingerprint density at radius 3 is 2.94 bits per heavy atom. The Labute approximate surface area is 96.9 Å². The SMILES string of the molecule is COCC(=O)N1C[C@@H]2CCC[C@]2(COC)C1. The largest absolute Gasteiger partial charge is 0.384 e. The molecule has 1 aliphatic carbocycles. The molecule has 1 aliphatic heterocycles. The van der Waals surface area contributed by atoms with Crippen molar-refractivity contribution >= 4 is 5.91 Å². The molecule has 1 amide bonds. The van der Waals surface area contributed by atoms with Crippen LogP contribution in [0.3, 0.4) is 0 Å². The van der Waals surface area contributed by atoms with Crippen LogP contribution < -0.4 is 0 Å². The molecule has 4 nitrogen and oxygen atoms in total. The van der Waals surface area contributed by atoms with E-state index < -0.39 is 0 Å². The molecule has 92 valence electrons. The first-order chi connectivity index (χ1) is 7.72. The molecule has 2 fully saturated rings. The van der Waals surface area contributed by atoms with Crippen molar-refractivity contribution in [3.8, 4) is 0 Å². The van der Waals surface area contributed by atoms with Gasteiger partial charge >= 0.3 is 0 Å². The molecule has 2 rings (SSSR count). The maximum atomic E-state index is 11.8. The summed E-state index contributed by atoms with van der Waals surface area (Å²) in [6, 6.07) is 0. The minimum Gasteiger partial charge on any atom is -0.384 e. The molecule has 0 radical (unpaired) electrons. The third kappa shape index (κ3) is 1.96. The molecule has 1 saturated carbocycles. The standard InChI is InChI=1S/C12H21NO3/c1-15-7-11(14)13-6-10-4-3-5-12(10,8-13)9-16-2/h10H,3-9H2,1-2H3/t10-,12+/m0/s1. The fraction of sp³-hybridized carbons (Fsp3) is 0.917. The second-order valence-electron chi connectivity index (χ2n) is 5.09. The Bertz CT molecular complexity index is 269. The lowest BCUT2D eigenvalue weighted by molar-refractivity contribution is -0.134. The molecule has 0 unspecified atom stereocenters. The summed E-state index contributed by atoms with van der Waals surface area (Å²) in [5.41, 5.74) is 0.234. The molecule has 0 aromatic heterocycles. The summed E-state index contributed by atoms with van der Waals surface area (Å²) in [5, 5.41) is 0. The van der Waals surface area contributed by atoms with E-state index in [2.05, 4.69) is 0 Å². The number of hydrogen-bond acceptors (Lipinski definition) is 3. The van der Waals surface area contributed by atoms with E-state index in [1.807, 2.05) is 4.90 Å². The summed E-state index contributed by atoms with van der Waals surface area (Å²) in [6.07, 6.45) is 3.71. The molecule has 0 aromatic rings. The van der Waals surface area contributed by atoms with Crippen molar-refractivity contribution < 1.29 is 14.3 Å². The Balaban J connectivity index is 2.01. The minimum atomic E-state index is 0.118. The van der Waals surface area contributed by atoms with Crippen LogP contribution >= 0.6 is 0 Å². The lowest BCUT2D eigenvalue weighted by Gasteiger charge is -2.27. The molecular formula is C12H21NO3. The van der Waals surface area contributed by atoms with Gasteiger partial charge in [-0.15, -0.1) is 0 Å². The van der Waals surface area contributed by atoms with Crippen LogP contribution in [-0.2, 0) is 14.3 Å². The van der Waals surface area contributed by atoms with Crippen molar-refractivity contribution in [3.63, 3.8) is 0 Å². The average Bonchev–Trinajstić information content (AvgIpc) is 2.74. The van der Waals surface area contributed by atoms with Crippen LogP contribution in [0.15, 0.2) is 0 Å². The first-order valence-electron chi connectivity index (χ1n) is 5.97. The summed E-state index contributed by atoms with van der Waals surface area (Å²) in [6.45, 7) is 2.74. The molecule has 2 atom stereocenters. The minimum absolute atomic E-state index is 0.118. The van der Waals surface area contributed by atoms with Gasteiger partial charge in [0, 0.05) is 32.7 Å². The Kier molecular flexibility index (Phi) is 3.50. The molecule has 2 aliphatic rings. The normalized spacial score (nSPS) is 33.1. The van der Waals surface area contributed by atoms with Crippen molar-refractivity contribution in [2.75, 3.05) is 40.5 Å². The molecular weight excluding hydrogens is 206 g/mol. The van der Waals surface area contributed by atoms with Gasteiger partial charge in [-0.05, 0) is 18.8 Å². The fourth-order valence-electron chi connectivity index (χ4n) is 3.34. The van der Waals surface area contributed by atoms with Crippen molar-refractivity contribution in [1.82, 2.24) is 4.90 Å². The Morgan fingerprint density at radius 1 is 1.44 bits per heavy atom. The summed E-state index contributed by atoms with van der Waals surface area (Å²) in [4.78, 5) is 13.7. The number of carbonyl (C=O) groups is 1. The van der Waals surface area contributed by atoms with Gasteiger partial charge in [0.2, 0.25) is 5.91 Å². The van der Waals surface area contributed by atoms with E-state index in [4.69, 9.17) is 9.47 Å². The molecule has 1 heterocycles. The topological polar surface area (TPSA) is 38.8 Å². The molecule has 1 saturated heterocycles. The quantitative estimate of drug-likeness (QED) is 0.716. The van der Waals surface area contributed by atoms with Crippen LogP contribution in [0.4, 0.5) is 0 Å². The van der Waals surface area contributed by atoms with Crippen molar-refractivity contribution in [2.24, 2.45) is 11.3 Å². The second kappa shape index (κ2) is 4.72. The van der Waals surface area contributed by atoms with Crippen LogP contribution in [0.1, 0.15) is 19.3 Å². The van der Waals surface area contributed by atoms with Crippen molar-refractivity contribution in [1.29, 1.82) is 0 Å². The van der Waals surface area contributed by atoms with E-state index in [1.165, 1.54) is 19.3 Å². The summed E-state index contributed by atoms with van der Waals surface area (Å²) in [5.74, 6) is 0.751. The predicted octanol–water partition coefficient (Wildman–Crippen LogP) is 0.908. The summed E-state index contributed by atoms with van der Waals surface area (Å²) >= 11 is 0. The summed E-state index contributed by atoms with van der Waals surface area (Å²) in [7, 11) is 3.32. The highest BCUT2D eigenvalue weighted by Crippen LogP contribution is 2.48. The van der Waals surface area contributed by atoms with E-state index in [0.29, 0.717) is 5.92 Å². The highest BCUT2D eigenvalue weighted by molar-refractivity contribution is 5.77. The van der Waals surface area contributed by atoms with E-state index in [9.17, 15) is 4.79 Å². The van der Waals surface area contributed by atoms with Gasteiger partial charge in [-0.2, -0.15) is 0 Å². The smallest absolute Gasteiger partial charge is 0.248 e. The van der Waals surface area contributed by atoms with E-state index in [0.717, 1.165) is 19.7 Å². The predicted molar refractivity (Wildman–Crippen MR) is 60.1 cm³/mol. The number of carbonyl (C=O) groups excluding carboxylic acids is 1.